The van der Waals surface area contributed by atoms with Crippen LogP contribution in [0, 0.1) is 0 Å². The molecule has 0 aromatic heterocycles. The molecular formula is C4H8F3NO. The van der Waals surface area contributed by atoms with Crippen molar-refractivity contribution in [3.05, 3.63) is 0 Å². The number of halogens is 3. The molecule has 0 saturated carbocycles. The lowest BCUT2D eigenvalue weighted by Crippen LogP contribution is -2.48. The maximum Gasteiger partial charge on any atom is 0.418 e. The van der Waals surface area contributed by atoms with E-state index in [9.17, 15) is 13.2 Å². The minimum absolute atomic E-state index is 0.632. The zero-order valence-electron chi connectivity index (χ0n) is 4.87. The largest absolute Gasteiger partial charge is 0.418 e. The van der Waals surface area contributed by atoms with Gasteiger partial charge in [-0.1, -0.05) is 0 Å². The molecule has 0 rings (SSSR count). The molecule has 0 saturated heterocycles. The third kappa shape index (κ3) is 1.83. The van der Waals surface area contributed by atoms with E-state index in [0.29, 0.717) is 6.92 Å². The Bertz CT molecular complexity index is 98.5. The van der Waals surface area contributed by atoms with Crippen molar-refractivity contribution in [2.75, 3.05) is 6.54 Å². The van der Waals surface area contributed by atoms with E-state index in [1.165, 1.54) is 0 Å². The summed E-state index contributed by atoms with van der Waals surface area (Å²) < 4.78 is 34.5. The van der Waals surface area contributed by atoms with Gasteiger partial charge in [-0.3, -0.25) is 0 Å². The second kappa shape index (κ2) is 2.15. The van der Waals surface area contributed by atoms with Crippen LogP contribution in [-0.2, 0) is 0 Å². The van der Waals surface area contributed by atoms with Crippen LogP contribution in [0.2, 0.25) is 0 Å². The van der Waals surface area contributed by atoms with E-state index < -0.39 is 18.3 Å². The summed E-state index contributed by atoms with van der Waals surface area (Å²) in [6.07, 6.45) is -4.62. The maximum absolute atomic E-state index is 11.5. The van der Waals surface area contributed by atoms with Gasteiger partial charge in [-0.25, -0.2) is 0 Å². The molecule has 0 fully saturated rings. The second-order valence-electron chi connectivity index (χ2n) is 1.98. The van der Waals surface area contributed by atoms with Crippen molar-refractivity contribution in [2.45, 2.75) is 18.7 Å². The molecule has 0 aliphatic heterocycles. The van der Waals surface area contributed by atoms with Gasteiger partial charge in [0.15, 0.2) is 5.60 Å². The van der Waals surface area contributed by atoms with Crippen molar-refractivity contribution in [2.24, 2.45) is 5.73 Å². The first-order chi connectivity index (χ1) is 3.81. The maximum atomic E-state index is 11.5. The van der Waals surface area contributed by atoms with Crippen LogP contribution in [0.15, 0.2) is 0 Å². The molecule has 5 heteroatoms. The van der Waals surface area contributed by atoms with Crippen LogP contribution in [0.4, 0.5) is 13.2 Å². The van der Waals surface area contributed by atoms with E-state index in [2.05, 4.69) is 5.73 Å². The van der Waals surface area contributed by atoms with Gasteiger partial charge in [-0.2, -0.15) is 13.2 Å². The molecule has 0 aromatic carbocycles. The highest BCUT2D eigenvalue weighted by Crippen LogP contribution is 2.28. The van der Waals surface area contributed by atoms with Gasteiger partial charge >= 0.3 is 6.18 Å². The van der Waals surface area contributed by atoms with Gasteiger partial charge in [0.05, 0.1) is 0 Å². The predicted molar refractivity (Wildman–Crippen MR) is 25.7 cm³/mol. The molecule has 0 heterocycles. The molecule has 1 atom stereocenters. The van der Waals surface area contributed by atoms with E-state index in [1.807, 2.05) is 0 Å². The van der Waals surface area contributed by atoms with Crippen LogP contribution >= 0.6 is 0 Å². The lowest BCUT2D eigenvalue weighted by Gasteiger charge is -2.23. The average Bonchev–Trinajstić information content (AvgIpc) is 1.64. The molecule has 3 N–H and O–H groups in total. The second-order valence-corrected chi connectivity index (χ2v) is 1.98. The third-order valence-corrected chi connectivity index (χ3v) is 1.01. The Labute approximate surface area is 50.5 Å². The Morgan fingerprint density at radius 3 is 1.78 bits per heavy atom. The fourth-order valence-corrected chi connectivity index (χ4v) is 0.116. The van der Waals surface area contributed by atoms with Crippen LogP contribution in [0.1, 0.15) is 6.92 Å². The van der Waals surface area contributed by atoms with Crippen molar-refractivity contribution in [3.63, 3.8) is 0 Å². The number of nitrogens with two attached hydrogens (primary N) is 1. The summed E-state index contributed by atoms with van der Waals surface area (Å²) in [5, 5.41) is 8.41. The Morgan fingerprint density at radius 2 is 1.78 bits per heavy atom. The Morgan fingerprint density at radius 1 is 1.44 bits per heavy atom. The van der Waals surface area contributed by atoms with Gasteiger partial charge in [-0.15, -0.1) is 0 Å². The summed E-state index contributed by atoms with van der Waals surface area (Å²) in [5.74, 6) is 0. The molecule has 0 aliphatic rings. The predicted octanol–water partition coefficient (Wildman–Crippen LogP) is 0.258. The summed E-state index contributed by atoms with van der Waals surface area (Å²) in [7, 11) is 0. The highest BCUT2D eigenvalue weighted by atomic mass is 19.4. The van der Waals surface area contributed by atoms with Crippen molar-refractivity contribution in [3.8, 4) is 0 Å². The lowest BCUT2D eigenvalue weighted by atomic mass is 10.1. The van der Waals surface area contributed by atoms with E-state index in [0.717, 1.165) is 0 Å². The molecule has 0 spiro atoms. The molecule has 2 nitrogen and oxygen atoms in total. The quantitative estimate of drug-likeness (QED) is 0.553. The molecule has 56 valence electrons. The van der Waals surface area contributed by atoms with E-state index >= 15 is 0 Å². The Hall–Kier alpha value is -0.290. The highest BCUT2D eigenvalue weighted by Gasteiger charge is 2.48. The molecule has 0 unspecified atom stereocenters. The van der Waals surface area contributed by atoms with Gasteiger partial charge < -0.3 is 10.8 Å². The van der Waals surface area contributed by atoms with Gasteiger partial charge in [0.1, 0.15) is 0 Å². The fraction of sp³-hybridized carbons (Fsp3) is 1.00. The number of hydrogen-bond donors (Lipinski definition) is 2. The molecule has 0 amide bonds. The number of alkyl halides is 3. The van der Waals surface area contributed by atoms with Crippen LogP contribution in [0.25, 0.3) is 0 Å². The minimum Gasteiger partial charge on any atom is -0.380 e. The first-order valence-corrected chi connectivity index (χ1v) is 2.30. The summed E-state index contributed by atoms with van der Waals surface area (Å²) in [6, 6.07) is 0. The van der Waals surface area contributed by atoms with Crippen LogP contribution < -0.4 is 5.73 Å². The lowest BCUT2D eigenvalue weighted by molar-refractivity contribution is -0.248. The molecule has 0 aromatic rings. The number of hydrogen-bond acceptors (Lipinski definition) is 2. The van der Waals surface area contributed by atoms with Crippen LogP contribution in [0.3, 0.4) is 0 Å². The summed E-state index contributed by atoms with van der Waals surface area (Å²) in [4.78, 5) is 0. The van der Waals surface area contributed by atoms with Crippen molar-refractivity contribution >= 4 is 0 Å². The monoisotopic (exact) mass is 143 g/mol. The molecule has 0 radical (unpaired) electrons. The van der Waals surface area contributed by atoms with Crippen molar-refractivity contribution in [1.29, 1.82) is 0 Å². The average molecular weight is 143 g/mol. The minimum atomic E-state index is -4.62. The zero-order chi connectivity index (χ0) is 7.71. The van der Waals surface area contributed by atoms with E-state index in [-0.39, 0.29) is 0 Å². The third-order valence-electron chi connectivity index (χ3n) is 1.01. The van der Waals surface area contributed by atoms with Crippen LogP contribution in [-0.4, -0.2) is 23.4 Å². The first kappa shape index (κ1) is 8.71. The van der Waals surface area contributed by atoms with Gasteiger partial charge in [0.25, 0.3) is 0 Å². The molecule has 0 aliphatic carbocycles. The van der Waals surface area contributed by atoms with Crippen LogP contribution in [0.5, 0.6) is 0 Å². The van der Waals surface area contributed by atoms with Crippen molar-refractivity contribution in [1.82, 2.24) is 0 Å². The Kier molecular flexibility index (Phi) is 2.08. The number of rotatable bonds is 1. The Balaban J connectivity index is 4.14. The normalized spacial score (nSPS) is 19.3. The molecule has 0 bridgehead atoms. The zero-order valence-corrected chi connectivity index (χ0v) is 4.87. The summed E-state index contributed by atoms with van der Waals surface area (Å²) >= 11 is 0. The highest BCUT2D eigenvalue weighted by molar-refractivity contribution is 4.81. The summed E-state index contributed by atoms with van der Waals surface area (Å²) in [5.41, 5.74) is 1.88. The first-order valence-electron chi connectivity index (χ1n) is 2.30. The SMILES string of the molecule is C[C@@](O)(CN)C(F)(F)F. The smallest absolute Gasteiger partial charge is 0.380 e. The van der Waals surface area contributed by atoms with Crippen molar-refractivity contribution < 1.29 is 18.3 Å². The van der Waals surface area contributed by atoms with Gasteiger partial charge in [0.2, 0.25) is 0 Å². The standard InChI is InChI=1S/C4H8F3NO/c1-3(9,2-8)4(5,6)7/h9H,2,8H2,1H3/t3-/m1/s1. The molecular weight excluding hydrogens is 135 g/mol. The molecule has 9 heavy (non-hydrogen) atoms. The van der Waals surface area contributed by atoms with E-state index in [1.54, 1.807) is 0 Å². The van der Waals surface area contributed by atoms with E-state index in [4.69, 9.17) is 5.11 Å². The van der Waals surface area contributed by atoms with Gasteiger partial charge in [0, 0.05) is 6.54 Å². The fourth-order valence-electron chi connectivity index (χ4n) is 0.116. The topological polar surface area (TPSA) is 46.2 Å². The summed E-state index contributed by atoms with van der Waals surface area (Å²) in [6.45, 7) is -0.177. The number of aliphatic hydroxyl groups is 1. The van der Waals surface area contributed by atoms with Gasteiger partial charge in [-0.05, 0) is 6.92 Å².